The quantitative estimate of drug-likeness (QED) is 0.663. The summed E-state index contributed by atoms with van der Waals surface area (Å²) in [6.07, 6.45) is 4.53. The molecule has 0 amide bonds. The zero-order valence-corrected chi connectivity index (χ0v) is 6.32. The SMILES string of the molecule is O=C(O)C1CC(OC2CC2)C1. The zero-order valence-electron chi connectivity index (χ0n) is 6.32. The summed E-state index contributed by atoms with van der Waals surface area (Å²) in [5.41, 5.74) is 0. The van der Waals surface area contributed by atoms with Gasteiger partial charge in [-0.2, -0.15) is 0 Å². The van der Waals surface area contributed by atoms with Gasteiger partial charge in [0.15, 0.2) is 0 Å². The van der Waals surface area contributed by atoms with Gasteiger partial charge < -0.3 is 9.84 Å². The van der Waals surface area contributed by atoms with Crippen LogP contribution in [0, 0.1) is 5.92 Å². The van der Waals surface area contributed by atoms with E-state index < -0.39 is 5.97 Å². The lowest BCUT2D eigenvalue weighted by molar-refractivity contribution is -0.151. The first-order valence-corrected chi connectivity index (χ1v) is 4.14. The number of hydrogen-bond donors (Lipinski definition) is 1. The molecule has 2 saturated carbocycles. The van der Waals surface area contributed by atoms with Crippen LogP contribution >= 0.6 is 0 Å². The molecule has 3 heteroatoms. The minimum atomic E-state index is -0.666. The Labute approximate surface area is 65.4 Å². The summed E-state index contributed by atoms with van der Waals surface area (Å²) >= 11 is 0. The molecule has 2 fully saturated rings. The number of rotatable bonds is 3. The van der Waals surface area contributed by atoms with Gasteiger partial charge in [-0.05, 0) is 25.7 Å². The number of hydrogen-bond acceptors (Lipinski definition) is 2. The van der Waals surface area contributed by atoms with Crippen LogP contribution in [0.3, 0.4) is 0 Å². The van der Waals surface area contributed by atoms with Gasteiger partial charge in [-0.1, -0.05) is 0 Å². The Hall–Kier alpha value is -0.570. The molecule has 11 heavy (non-hydrogen) atoms. The molecule has 0 radical (unpaired) electrons. The van der Waals surface area contributed by atoms with E-state index in [-0.39, 0.29) is 12.0 Å². The summed E-state index contributed by atoms with van der Waals surface area (Å²) in [4.78, 5) is 10.4. The Balaban J connectivity index is 1.66. The monoisotopic (exact) mass is 156 g/mol. The van der Waals surface area contributed by atoms with E-state index >= 15 is 0 Å². The van der Waals surface area contributed by atoms with Gasteiger partial charge in [0, 0.05) is 0 Å². The second-order valence-corrected chi connectivity index (χ2v) is 3.46. The third-order valence-electron chi connectivity index (χ3n) is 2.35. The zero-order chi connectivity index (χ0) is 7.84. The van der Waals surface area contributed by atoms with Crippen molar-refractivity contribution in [3.63, 3.8) is 0 Å². The Morgan fingerprint density at radius 1 is 1.27 bits per heavy atom. The molecule has 0 saturated heterocycles. The lowest BCUT2D eigenvalue weighted by Gasteiger charge is -2.32. The molecular formula is C8H12O3. The first kappa shape index (κ1) is 7.10. The van der Waals surface area contributed by atoms with Crippen LogP contribution in [0.2, 0.25) is 0 Å². The standard InChI is InChI=1S/C8H12O3/c9-8(10)5-3-7(4-5)11-6-1-2-6/h5-7H,1-4H2,(H,9,10). The molecule has 3 nitrogen and oxygen atoms in total. The van der Waals surface area contributed by atoms with E-state index in [0.29, 0.717) is 6.10 Å². The normalized spacial score (nSPS) is 36.4. The Morgan fingerprint density at radius 2 is 1.91 bits per heavy atom. The Kier molecular flexibility index (Phi) is 1.60. The van der Waals surface area contributed by atoms with E-state index in [1.165, 1.54) is 12.8 Å². The van der Waals surface area contributed by atoms with Crippen molar-refractivity contribution in [3.05, 3.63) is 0 Å². The van der Waals surface area contributed by atoms with Crippen molar-refractivity contribution in [2.45, 2.75) is 37.9 Å². The fraction of sp³-hybridized carbons (Fsp3) is 0.875. The minimum absolute atomic E-state index is 0.126. The van der Waals surface area contributed by atoms with Crippen LogP contribution in [0.25, 0.3) is 0 Å². The molecule has 0 aliphatic heterocycles. The largest absolute Gasteiger partial charge is 0.481 e. The van der Waals surface area contributed by atoms with Crippen LogP contribution in [-0.4, -0.2) is 23.3 Å². The van der Waals surface area contributed by atoms with Gasteiger partial charge in [-0.3, -0.25) is 4.79 Å². The molecule has 0 unspecified atom stereocenters. The Bertz CT molecular complexity index is 168. The third kappa shape index (κ3) is 1.53. The maximum Gasteiger partial charge on any atom is 0.306 e. The molecule has 0 atom stereocenters. The van der Waals surface area contributed by atoms with E-state index in [0.717, 1.165) is 12.8 Å². The highest BCUT2D eigenvalue weighted by molar-refractivity contribution is 5.71. The molecule has 0 aromatic carbocycles. The molecule has 2 aliphatic carbocycles. The highest BCUT2D eigenvalue weighted by Crippen LogP contribution is 2.35. The lowest BCUT2D eigenvalue weighted by Crippen LogP contribution is -2.36. The van der Waals surface area contributed by atoms with Gasteiger partial charge in [0.05, 0.1) is 18.1 Å². The topological polar surface area (TPSA) is 46.5 Å². The number of ether oxygens (including phenoxy) is 1. The lowest BCUT2D eigenvalue weighted by atomic mass is 9.82. The number of carboxylic acid groups (broad SMARTS) is 1. The highest BCUT2D eigenvalue weighted by Gasteiger charge is 2.38. The van der Waals surface area contributed by atoms with Crippen LogP contribution < -0.4 is 0 Å². The van der Waals surface area contributed by atoms with Gasteiger partial charge in [0.25, 0.3) is 0 Å². The minimum Gasteiger partial charge on any atom is -0.481 e. The molecule has 0 spiro atoms. The smallest absolute Gasteiger partial charge is 0.306 e. The van der Waals surface area contributed by atoms with Crippen molar-refractivity contribution in [1.82, 2.24) is 0 Å². The van der Waals surface area contributed by atoms with Crippen molar-refractivity contribution >= 4 is 5.97 Å². The first-order valence-electron chi connectivity index (χ1n) is 4.14. The van der Waals surface area contributed by atoms with E-state index in [4.69, 9.17) is 9.84 Å². The number of aliphatic carboxylic acids is 1. The summed E-state index contributed by atoms with van der Waals surface area (Å²) in [5.74, 6) is -0.792. The second kappa shape index (κ2) is 2.48. The Morgan fingerprint density at radius 3 is 2.36 bits per heavy atom. The second-order valence-electron chi connectivity index (χ2n) is 3.46. The van der Waals surface area contributed by atoms with Crippen molar-refractivity contribution in [2.75, 3.05) is 0 Å². The van der Waals surface area contributed by atoms with Crippen molar-refractivity contribution < 1.29 is 14.6 Å². The summed E-state index contributed by atoms with van der Waals surface area (Å²) in [5, 5.41) is 8.55. The molecule has 1 N–H and O–H groups in total. The molecule has 2 aliphatic rings. The average molecular weight is 156 g/mol. The van der Waals surface area contributed by atoms with E-state index in [1.807, 2.05) is 0 Å². The number of carbonyl (C=O) groups is 1. The fourth-order valence-electron chi connectivity index (χ4n) is 1.35. The van der Waals surface area contributed by atoms with Crippen LogP contribution in [0.15, 0.2) is 0 Å². The van der Waals surface area contributed by atoms with E-state index in [9.17, 15) is 4.79 Å². The van der Waals surface area contributed by atoms with Crippen molar-refractivity contribution in [2.24, 2.45) is 5.92 Å². The third-order valence-corrected chi connectivity index (χ3v) is 2.35. The molecule has 0 heterocycles. The van der Waals surface area contributed by atoms with Crippen LogP contribution in [-0.2, 0) is 9.53 Å². The average Bonchev–Trinajstić information content (AvgIpc) is 2.58. The van der Waals surface area contributed by atoms with Crippen LogP contribution in [0.4, 0.5) is 0 Å². The summed E-state index contributed by atoms with van der Waals surface area (Å²) < 4.78 is 5.51. The summed E-state index contributed by atoms with van der Waals surface area (Å²) in [7, 11) is 0. The molecule has 62 valence electrons. The van der Waals surface area contributed by atoms with Gasteiger partial charge in [0.1, 0.15) is 0 Å². The van der Waals surface area contributed by atoms with Gasteiger partial charge >= 0.3 is 5.97 Å². The predicted molar refractivity (Wildman–Crippen MR) is 38.3 cm³/mol. The van der Waals surface area contributed by atoms with Crippen LogP contribution in [0.5, 0.6) is 0 Å². The van der Waals surface area contributed by atoms with Gasteiger partial charge in [-0.25, -0.2) is 0 Å². The van der Waals surface area contributed by atoms with Gasteiger partial charge in [0.2, 0.25) is 0 Å². The predicted octanol–water partition coefficient (Wildman–Crippen LogP) is 1.03. The van der Waals surface area contributed by atoms with Gasteiger partial charge in [-0.15, -0.1) is 0 Å². The molecular weight excluding hydrogens is 144 g/mol. The molecule has 0 aromatic rings. The molecule has 0 bridgehead atoms. The highest BCUT2D eigenvalue weighted by atomic mass is 16.5. The first-order chi connectivity index (χ1) is 5.25. The number of carboxylic acids is 1. The molecule has 2 rings (SSSR count). The van der Waals surface area contributed by atoms with E-state index in [1.54, 1.807) is 0 Å². The van der Waals surface area contributed by atoms with Crippen molar-refractivity contribution in [1.29, 1.82) is 0 Å². The fourth-order valence-corrected chi connectivity index (χ4v) is 1.35. The van der Waals surface area contributed by atoms with Crippen molar-refractivity contribution in [3.8, 4) is 0 Å². The maximum absolute atomic E-state index is 10.4. The van der Waals surface area contributed by atoms with Crippen LogP contribution in [0.1, 0.15) is 25.7 Å². The summed E-state index contributed by atoms with van der Waals surface area (Å²) in [6.45, 7) is 0. The molecule has 0 aromatic heterocycles. The maximum atomic E-state index is 10.4. The van der Waals surface area contributed by atoms with E-state index in [2.05, 4.69) is 0 Å². The summed E-state index contributed by atoms with van der Waals surface area (Å²) in [6, 6.07) is 0.